The summed E-state index contributed by atoms with van der Waals surface area (Å²) in [6, 6.07) is 68.2. The van der Waals surface area contributed by atoms with Crippen LogP contribution in [0.15, 0.2) is 203 Å². The van der Waals surface area contributed by atoms with Crippen LogP contribution >= 0.6 is 0 Å². The molecule has 9 aromatic carbocycles. The fourth-order valence-corrected chi connectivity index (χ4v) is 7.96. The normalized spacial score (nSPS) is 11.6. The summed E-state index contributed by atoms with van der Waals surface area (Å²) in [6.45, 7) is 0. The van der Waals surface area contributed by atoms with Crippen molar-refractivity contribution >= 4 is 71.6 Å². The van der Waals surface area contributed by atoms with Crippen molar-refractivity contribution in [3.63, 3.8) is 0 Å². The van der Waals surface area contributed by atoms with Gasteiger partial charge in [-0.25, -0.2) is 4.98 Å². The van der Waals surface area contributed by atoms with Gasteiger partial charge >= 0.3 is 0 Å². The third-order valence-corrected chi connectivity index (χ3v) is 10.6. The van der Waals surface area contributed by atoms with Crippen molar-refractivity contribution in [3.05, 3.63) is 194 Å². The summed E-state index contributed by atoms with van der Waals surface area (Å²) in [5, 5.41) is 6.85. The average molecular weight is 705 g/mol. The molecular formula is C51H32N2O2. The molecule has 0 saturated carbocycles. The summed E-state index contributed by atoms with van der Waals surface area (Å²) in [5.74, 6) is 0.610. The van der Waals surface area contributed by atoms with Crippen molar-refractivity contribution in [1.29, 1.82) is 0 Å². The molecule has 0 spiro atoms. The maximum Gasteiger partial charge on any atom is 0.227 e. The molecule has 2 heterocycles. The average Bonchev–Trinajstić information content (AvgIpc) is 3.86. The third kappa shape index (κ3) is 5.34. The van der Waals surface area contributed by atoms with E-state index in [1.54, 1.807) is 0 Å². The number of aromatic nitrogens is 1. The van der Waals surface area contributed by atoms with Crippen LogP contribution in [-0.4, -0.2) is 4.98 Å². The standard InChI is InChI=1S/C51H32N2O2/c1-3-11-33(12-4-1)35-19-23-40(24-20-35)53(41-25-21-34-13-7-8-16-37(34)29-41)42-26-28-47-45(32-42)49-43-18-10-9-17-38(43)30-44(50(49)54-47)39-22-27-48-46(31-39)52-51(55-48)36-14-5-2-6-15-36/h1-32H. The van der Waals surface area contributed by atoms with Gasteiger partial charge in [0.1, 0.15) is 16.7 Å². The first-order valence-corrected chi connectivity index (χ1v) is 18.5. The van der Waals surface area contributed by atoms with E-state index in [1.807, 2.05) is 36.4 Å². The predicted octanol–water partition coefficient (Wildman–Crippen LogP) is 14.5. The van der Waals surface area contributed by atoms with Crippen LogP contribution in [0, 0.1) is 0 Å². The molecule has 0 aliphatic carbocycles. The van der Waals surface area contributed by atoms with Crippen molar-refractivity contribution in [2.45, 2.75) is 0 Å². The highest BCUT2D eigenvalue weighted by Crippen LogP contribution is 2.45. The molecule has 0 saturated heterocycles. The molecule has 0 unspecified atom stereocenters. The van der Waals surface area contributed by atoms with Gasteiger partial charge in [-0.05, 0) is 111 Å². The van der Waals surface area contributed by atoms with Crippen LogP contribution < -0.4 is 4.90 Å². The van der Waals surface area contributed by atoms with Gasteiger partial charge in [-0.3, -0.25) is 0 Å². The SMILES string of the molecule is c1ccc(-c2ccc(N(c3ccc4ccccc4c3)c3ccc4oc5c(-c6ccc7oc(-c8ccccc8)nc7c6)cc6ccccc6c5c4c3)cc2)cc1. The fraction of sp³-hybridized carbons (Fsp3) is 0. The number of anilines is 3. The van der Waals surface area contributed by atoms with E-state index in [9.17, 15) is 0 Å². The summed E-state index contributed by atoms with van der Waals surface area (Å²) >= 11 is 0. The molecule has 0 aliphatic rings. The van der Waals surface area contributed by atoms with Crippen LogP contribution in [0.2, 0.25) is 0 Å². The molecule has 55 heavy (non-hydrogen) atoms. The molecule has 0 N–H and O–H groups in total. The molecule has 11 rings (SSSR count). The van der Waals surface area contributed by atoms with E-state index in [0.717, 1.165) is 77.6 Å². The van der Waals surface area contributed by atoms with Crippen molar-refractivity contribution < 1.29 is 8.83 Å². The summed E-state index contributed by atoms with van der Waals surface area (Å²) in [5.41, 5.74) is 11.8. The Balaban J connectivity index is 1.10. The van der Waals surface area contributed by atoms with Gasteiger partial charge in [0.05, 0.1) is 0 Å². The zero-order chi connectivity index (χ0) is 36.3. The molecule has 11 aromatic rings. The summed E-state index contributed by atoms with van der Waals surface area (Å²) in [6.07, 6.45) is 0. The van der Waals surface area contributed by atoms with Crippen molar-refractivity contribution in [1.82, 2.24) is 4.98 Å². The second-order valence-electron chi connectivity index (χ2n) is 14.0. The highest BCUT2D eigenvalue weighted by molar-refractivity contribution is 6.23. The van der Waals surface area contributed by atoms with Crippen LogP contribution in [0.4, 0.5) is 17.1 Å². The molecule has 2 aromatic heterocycles. The lowest BCUT2D eigenvalue weighted by atomic mass is 9.96. The molecular weight excluding hydrogens is 673 g/mol. The van der Waals surface area contributed by atoms with Gasteiger partial charge in [0.2, 0.25) is 5.89 Å². The maximum atomic E-state index is 6.84. The van der Waals surface area contributed by atoms with E-state index in [4.69, 9.17) is 13.8 Å². The molecule has 0 aliphatic heterocycles. The maximum absolute atomic E-state index is 6.84. The molecule has 4 nitrogen and oxygen atoms in total. The van der Waals surface area contributed by atoms with Gasteiger partial charge in [-0.15, -0.1) is 0 Å². The van der Waals surface area contributed by atoms with Crippen molar-refractivity contribution in [2.24, 2.45) is 0 Å². The Morgan fingerprint density at radius 1 is 0.382 bits per heavy atom. The number of benzene rings is 9. The van der Waals surface area contributed by atoms with Crippen LogP contribution in [0.3, 0.4) is 0 Å². The second kappa shape index (κ2) is 12.6. The van der Waals surface area contributed by atoms with Crippen LogP contribution in [0.1, 0.15) is 0 Å². The highest BCUT2D eigenvalue weighted by atomic mass is 16.3. The molecule has 0 radical (unpaired) electrons. The van der Waals surface area contributed by atoms with E-state index in [0.29, 0.717) is 5.89 Å². The molecule has 0 fully saturated rings. The summed E-state index contributed by atoms with van der Waals surface area (Å²) < 4.78 is 13.0. The van der Waals surface area contributed by atoms with Crippen LogP contribution in [-0.2, 0) is 0 Å². The van der Waals surface area contributed by atoms with E-state index in [1.165, 1.54) is 21.9 Å². The van der Waals surface area contributed by atoms with Gasteiger partial charge in [-0.2, -0.15) is 0 Å². The van der Waals surface area contributed by atoms with Crippen LogP contribution in [0.5, 0.6) is 0 Å². The number of nitrogens with zero attached hydrogens (tertiary/aromatic N) is 2. The lowest BCUT2D eigenvalue weighted by Gasteiger charge is -2.26. The highest BCUT2D eigenvalue weighted by Gasteiger charge is 2.20. The smallest absolute Gasteiger partial charge is 0.227 e. The topological polar surface area (TPSA) is 42.4 Å². The zero-order valence-electron chi connectivity index (χ0n) is 29.7. The third-order valence-electron chi connectivity index (χ3n) is 10.6. The molecule has 0 bridgehead atoms. The number of rotatable bonds is 6. The van der Waals surface area contributed by atoms with Gasteiger partial charge in [0.25, 0.3) is 0 Å². The second-order valence-corrected chi connectivity index (χ2v) is 14.0. The first-order chi connectivity index (χ1) is 27.2. The Bertz CT molecular complexity index is 3200. The zero-order valence-corrected chi connectivity index (χ0v) is 29.7. The van der Waals surface area contributed by atoms with E-state index >= 15 is 0 Å². The van der Waals surface area contributed by atoms with Crippen LogP contribution in [0.25, 0.3) is 88.3 Å². The lowest BCUT2D eigenvalue weighted by molar-refractivity contribution is 0.620. The van der Waals surface area contributed by atoms with Crippen molar-refractivity contribution in [2.75, 3.05) is 4.90 Å². The Kier molecular flexibility index (Phi) is 7.14. The monoisotopic (exact) mass is 704 g/mol. The van der Waals surface area contributed by atoms with E-state index < -0.39 is 0 Å². The van der Waals surface area contributed by atoms with Gasteiger partial charge in [0.15, 0.2) is 5.58 Å². The first-order valence-electron chi connectivity index (χ1n) is 18.5. The number of fused-ring (bicyclic) bond motifs is 7. The Morgan fingerprint density at radius 3 is 1.82 bits per heavy atom. The Morgan fingerprint density at radius 2 is 1.00 bits per heavy atom. The molecule has 258 valence electrons. The fourth-order valence-electron chi connectivity index (χ4n) is 7.96. The molecule has 0 atom stereocenters. The first kappa shape index (κ1) is 31.1. The number of furan rings is 1. The minimum absolute atomic E-state index is 0.610. The van der Waals surface area contributed by atoms with Gasteiger partial charge in [0, 0.05) is 39.0 Å². The predicted molar refractivity (Wildman–Crippen MR) is 227 cm³/mol. The van der Waals surface area contributed by atoms with Crippen molar-refractivity contribution in [3.8, 4) is 33.7 Å². The Labute approximate surface area is 317 Å². The lowest BCUT2D eigenvalue weighted by Crippen LogP contribution is -2.09. The summed E-state index contributed by atoms with van der Waals surface area (Å²) in [7, 11) is 0. The minimum Gasteiger partial charge on any atom is -0.455 e. The number of hydrogen-bond acceptors (Lipinski definition) is 4. The minimum atomic E-state index is 0.610. The molecule has 4 heteroatoms. The van der Waals surface area contributed by atoms with E-state index in [2.05, 4.69) is 163 Å². The quantitative estimate of drug-likeness (QED) is 0.173. The Hall–Kier alpha value is -7.43. The molecule has 0 amide bonds. The largest absolute Gasteiger partial charge is 0.455 e. The van der Waals surface area contributed by atoms with Gasteiger partial charge < -0.3 is 13.7 Å². The van der Waals surface area contributed by atoms with E-state index in [-0.39, 0.29) is 0 Å². The number of oxazole rings is 1. The number of hydrogen-bond donors (Lipinski definition) is 0. The van der Waals surface area contributed by atoms with Gasteiger partial charge in [-0.1, -0.05) is 121 Å². The summed E-state index contributed by atoms with van der Waals surface area (Å²) in [4.78, 5) is 7.22.